The zero-order valence-electron chi connectivity index (χ0n) is 18.1. The lowest BCUT2D eigenvalue weighted by molar-refractivity contribution is -0.127. The number of benzene rings is 1. The third-order valence-electron chi connectivity index (χ3n) is 5.49. The molecule has 1 amide bonds. The summed E-state index contributed by atoms with van der Waals surface area (Å²) >= 11 is 9.15. The lowest BCUT2D eigenvalue weighted by Crippen LogP contribution is -2.27. The van der Waals surface area contributed by atoms with Gasteiger partial charge in [0.15, 0.2) is 5.16 Å². The summed E-state index contributed by atoms with van der Waals surface area (Å²) in [4.78, 5) is 15.7. The zero-order chi connectivity index (χ0) is 22.8. The number of halogens is 1. The highest BCUT2D eigenvalue weighted by molar-refractivity contribution is 7.99. The van der Waals surface area contributed by atoms with Crippen LogP contribution in [0.4, 0.5) is 0 Å². The Labute approximate surface area is 205 Å². The predicted octanol–water partition coefficient (Wildman–Crippen LogP) is 5.93. The number of furan rings is 1. The van der Waals surface area contributed by atoms with Gasteiger partial charge in [0.25, 0.3) is 0 Å². The summed E-state index contributed by atoms with van der Waals surface area (Å²) in [7, 11) is 1.79. The number of hydrogen-bond donors (Lipinski definition) is 0. The molecule has 3 heterocycles. The Morgan fingerprint density at radius 1 is 1.21 bits per heavy atom. The Bertz CT molecular complexity index is 1230. The van der Waals surface area contributed by atoms with E-state index in [4.69, 9.17) is 16.0 Å². The Balaban J connectivity index is 1.19. The van der Waals surface area contributed by atoms with E-state index in [1.165, 1.54) is 16.6 Å². The molecular weight excluding hydrogens is 476 g/mol. The van der Waals surface area contributed by atoms with Crippen LogP contribution in [0.2, 0.25) is 5.02 Å². The smallest absolute Gasteiger partial charge is 0.233 e. The van der Waals surface area contributed by atoms with Gasteiger partial charge in [-0.25, -0.2) is 0 Å². The first kappa shape index (κ1) is 22.3. The fourth-order valence-electron chi connectivity index (χ4n) is 3.59. The first-order valence-corrected chi connectivity index (χ1v) is 13.0. The lowest BCUT2D eigenvalue weighted by Gasteiger charge is -2.15. The second kappa shape index (κ2) is 9.75. The van der Waals surface area contributed by atoms with Gasteiger partial charge in [0.1, 0.15) is 17.3 Å². The Morgan fingerprint density at radius 2 is 2.03 bits per heavy atom. The van der Waals surface area contributed by atoms with Crippen LogP contribution in [0, 0.1) is 0 Å². The molecule has 0 atom stereocenters. The molecule has 1 aliphatic rings. The van der Waals surface area contributed by atoms with Gasteiger partial charge in [0, 0.05) is 35.0 Å². The molecule has 0 saturated heterocycles. The fourth-order valence-corrected chi connectivity index (χ4v) is 5.38. The van der Waals surface area contributed by atoms with Gasteiger partial charge in [0.05, 0.1) is 12.3 Å². The van der Waals surface area contributed by atoms with Crippen LogP contribution in [0.15, 0.2) is 63.5 Å². The molecule has 0 unspecified atom stereocenters. The monoisotopic (exact) mass is 498 g/mol. The Hall–Kier alpha value is -2.55. The molecule has 1 aromatic carbocycles. The van der Waals surface area contributed by atoms with Crippen molar-refractivity contribution in [2.24, 2.45) is 0 Å². The first-order chi connectivity index (χ1) is 16.1. The SMILES string of the molecule is CN(Cc1ccc(-c2ccc(Cl)cc2)o1)C(=O)CSc1nnc(Cc2cccs2)n1C1CC1. The van der Waals surface area contributed by atoms with Crippen molar-refractivity contribution in [1.29, 1.82) is 0 Å². The van der Waals surface area contributed by atoms with Gasteiger partial charge in [-0.05, 0) is 60.7 Å². The first-order valence-electron chi connectivity index (χ1n) is 10.7. The maximum absolute atomic E-state index is 12.8. The van der Waals surface area contributed by atoms with Crippen LogP contribution in [0.3, 0.4) is 0 Å². The molecule has 1 aliphatic carbocycles. The number of carbonyl (C=O) groups is 1. The second-order valence-electron chi connectivity index (χ2n) is 8.07. The molecule has 0 N–H and O–H groups in total. The number of hydrogen-bond acceptors (Lipinski definition) is 6. The Kier molecular flexibility index (Phi) is 6.57. The van der Waals surface area contributed by atoms with Crippen LogP contribution in [-0.4, -0.2) is 38.4 Å². The van der Waals surface area contributed by atoms with Crippen molar-refractivity contribution in [2.45, 2.75) is 37.0 Å². The molecule has 0 spiro atoms. The van der Waals surface area contributed by atoms with Gasteiger partial charge in [0.2, 0.25) is 5.91 Å². The highest BCUT2D eigenvalue weighted by atomic mass is 35.5. The molecule has 3 aromatic heterocycles. The lowest BCUT2D eigenvalue weighted by atomic mass is 10.2. The molecule has 0 aliphatic heterocycles. The number of amides is 1. The van der Waals surface area contributed by atoms with Crippen LogP contribution in [0.25, 0.3) is 11.3 Å². The van der Waals surface area contributed by atoms with Crippen molar-refractivity contribution in [1.82, 2.24) is 19.7 Å². The molecule has 0 bridgehead atoms. The summed E-state index contributed by atoms with van der Waals surface area (Å²) in [6.45, 7) is 0.409. The number of carbonyl (C=O) groups excluding carboxylic acids is 1. The van der Waals surface area contributed by atoms with Crippen LogP contribution < -0.4 is 0 Å². The normalized spacial score (nSPS) is 13.4. The molecule has 5 rings (SSSR count). The third-order valence-corrected chi connectivity index (χ3v) is 7.55. The van der Waals surface area contributed by atoms with Crippen molar-refractivity contribution in [2.75, 3.05) is 12.8 Å². The zero-order valence-corrected chi connectivity index (χ0v) is 20.5. The minimum Gasteiger partial charge on any atom is -0.459 e. The summed E-state index contributed by atoms with van der Waals surface area (Å²) in [6.07, 6.45) is 3.07. The van der Waals surface area contributed by atoms with Crippen LogP contribution in [-0.2, 0) is 17.8 Å². The number of thioether (sulfide) groups is 1. The molecular formula is C24H23ClN4O2S2. The van der Waals surface area contributed by atoms with Gasteiger partial charge < -0.3 is 13.9 Å². The molecule has 1 saturated carbocycles. The van der Waals surface area contributed by atoms with Crippen molar-refractivity contribution in [3.63, 3.8) is 0 Å². The second-order valence-corrected chi connectivity index (χ2v) is 10.5. The molecule has 33 heavy (non-hydrogen) atoms. The highest BCUT2D eigenvalue weighted by Gasteiger charge is 2.30. The largest absolute Gasteiger partial charge is 0.459 e. The van der Waals surface area contributed by atoms with E-state index in [2.05, 4.69) is 32.3 Å². The quantitative estimate of drug-likeness (QED) is 0.268. The molecule has 0 radical (unpaired) electrons. The van der Waals surface area contributed by atoms with Crippen LogP contribution >= 0.6 is 34.7 Å². The topological polar surface area (TPSA) is 64.2 Å². The number of nitrogens with zero attached hydrogens (tertiary/aromatic N) is 4. The van der Waals surface area contributed by atoms with E-state index in [1.54, 1.807) is 23.3 Å². The number of rotatable bonds is 9. The van der Waals surface area contributed by atoms with Gasteiger partial charge in [-0.1, -0.05) is 29.4 Å². The minimum absolute atomic E-state index is 0.0228. The van der Waals surface area contributed by atoms with Crippen molar-refractivity contribution >= 4 is 40.6 Å². The van der Waals surface area contributed by atoms with E-state index in [9.17, 15) is 4.79 Å². The highest BCUT2D eigenvalue weighted by Crippen LogP contribution is 2.39. The Morgan fingerprint density at radius 3 is 2.76 bits per heavy atom. The third kappa shape index (κ3) is 5.34. The van der Waals surface area contributed by atoms with Gasteiger partial charge >= 0.3 is 0 Å². The van der Waals surface area contributed by atoms with Crippen LogP contribution in [0.1, 0.15) is 35.3 Å². The van der Waals surface area contributed by atoms with E-state index in [1.807, 2.05) is 36.4 Å². The maximum Gasteiger partial charge on any atom is 0.233 e. The van der Waals surface area contributed by atoms with E-state index in [-0.39, 0.29) is 5.91 Å². The number of thiophene rings is 1. The average molecular weight is 499 g/mol. The summed E-state index contributed by atoms with van der Waals surface area (Å²) in [5.74, 6) is 2.81. The molecule has 1 fully saturated rings. The van der Waals surface area contributed by atoms with Crippen molar-refractivity contribution in [3.05, 3.63) is 75.4 Å². The van der Waals surface area contributed by atoms with Gasteiger partial charge in [-0.2, -0.15) is 0 Å². The van der Waals surface area contributed by atoms with Gasteiger partial charge in [-0.3, -0.25) is 4.79 Å². The van der Waals surface area contributed by atoms with E-state index in [0.29, 0.717) is 23.4 Å². The maximum atomic E-state index is 12.8. The summed E-state index contributed by atoms with van der Waals surface area (Å²) in [5, 5.41) is 12.4. The predicted molar refractivity (Wildman–Crippen MR) is 132 cm³/mol. The minimum atomic E-state index is 0.0228. The number of aromatic nitrogens is 3. The van der Waals surface area contributed by atoms with E-state index in [0.717, 1.165) is 47.3 Å². The molecule has 9 heteroatoms. The molecule has 4 aromatic rings. The fraction of sp³-hybridized carbons (Fsp3) is 0.292. The summed E-state index contributed by atoms with van der Waals surface area (Å²) < 4.78 is 8.16. The summed E-state index contributed by atoms with van der Waals surface area (Å²) in [5.41, 5.74) is 0.952. The van der Waals surface area contributed by atoms with Crippen molar-refractivity contribution < 1.29 is 9.21 Å². The van der Waals surface area contributed by atoms with E-state index >= 15 is 0 Å². The van der Waals surface area contributed by atoms with Crippen LogP contribution in [0.5, 0.6) is 0 Å². The van der Waals surface area contributed by atoms with E-state index < -0.39 is 0 Å². The average Bonchev–Trinajstić information content (AvgIpc) is 3.17. The van der Waals surface area contributed by atoms with Crippen molar-refractivity contribution in [3.8, 4) is 11.3 Å². The molecule has 6 nitrogen and oxygen atoms in total. The standard InChI is InChI=1S/C24H23ClN4O2S2/c1-28(14-19-10-11-21(31-19)16-4-6-17(25)7-5-16)23(30)15-33-24-27-26-22(29(24)18-8-9-18)13-20-3-2-12-32-20/h2-7,10-12,18H,8-9,13-15H2,1H3. The summed E-state index contributed by atoms with van der Waals surface area (Å²) in [6, 6.07) is 15.9. The molecule has 170 valence electrons. The van der Waals surface area contributed by atoms with Gasteiger partial charge in [-0.15, -0.1) is 21.5 Å².